The Bertz CT molecular complexity index is 302. The largest absolute Gasteiger partial charge is 0.478 e. The van der Waals surface area contributed by atoms with Crippen LogP contribution >= 0.6 is 0 Å². The zero-order valence-corrected chi connectivity index (χ0v) is 9.71. The van der Waals surface area contributed by atoms with E-state index < -0.39 is 0 Å². The Morgan fingerprint density at radius 1 is 1.33 bits per heavy atom. The lowest BCUT2D eigenvalue weighted by Gasteiger charge is -2.08. The van der Waals surface area contributed by atoms with E-state index in [1.54, 1.807) is 0 Å². The topological polar surface area (TPSA) is 47.0 Å². The van der Waals surface area contributed by atoms with E-state index in [9.17, 15) is 0 Å². The predicted octanol–water partition coefficient (Wildman–Crippen LogP) is 2.40. The number of unbranched alkanes of at least 4 members (excludes halogenated alkanes) is 1. The lowest BCUT2D eigenvalue weighted by molar-refractivity contribution is 0.325. The van der Waals surface area contributed by atoms with Crippen molar-refractivity contribution in [2.24, 2.45) is 0 Å². The minimum absolute atomic E-state index is 0.630. The molecule has 15 heavy (non-hydrogen) atoms. The van der Waals surface area contributed by atoms with Crippen LogP contribution in [0.3, 0.4) is 0 Å². The third-order valence-electron chi connectivity index (χ3n) is 1.94. The number of nitrogens with one attached hydrogen (secondary N) is 1. The van der Waals surface area contributed by atoms with Crippen molar-refractivity contribution in [2.75, 3.05) is 18.5 Å². The summed E-state index contributed by atoms with van der Waals surface area (Å²) in [6.07, 6.45) is 2.32. The lowest BCUT2D eigenvalue weighted by atomic mass is 10.3. The number of rotatable bonds is 6. The molecule has 1 aromatic rings. The summed E-state index contributed by atoms with van der Waals surface area (Å²) in [5.41, 5.74) is 0. The number of ether oxygens (including phenoxy) is 1. The molecular formula is C11H19N3O. The summed E-state index contributed by atoms with van der Waals surface area (Å²) in [7, 11) is 0. The third kappa shape index (κ3) is 4.14. The monoisotopic (exact) mass is 209 g/mol. The van der Waals surface area contributed by atoms with Gasteiger partial charge in [0.1, 0.15) is 11.6 Å². The Labute approximate surface area is 91.1 Å². The Morgan fingerprint density at radius 3 is 2.80 bits per heavy atom. The Hall–Kier alpha value is -1.32. The van der Waals surface area contributed by atoms with Crippen LogP contribution in [0.4, 0.5) is 5.82 Å². The molecule has 4 nitrogen and oxygen atoms in total. The number of aromatic nitrogens is 2. The third-order valence-corrected chi connectivity index (χ3v) is 1.94. The van der Waals surface area contributed by atoms with Crippen LogP contribution < -0.4 is 10.1 Å². The van der Waals surface area contributed by atoms with Gasteiger partial charge in [-0.2, -0.15) is 4.98 Å². The second-order valence-corrected chi connectivity index (χ2v) is 3.35. The van der Waals surface area contributed by atoms with Crippen molar-refractivity contribution < 1.29 is 4.74 Å². The summed E-state index contributed by atoms with van der Waals surface area (Å²) in [5.74, 6) is 2.23. The molecule has 0 amide bonds. The summed E-state index contributed by atoms with van der Waals surface area (Å²) in [5, 5.41) is 3.25. The standard InChI is InChI=1S/C11H19N3O/c1-4-6-7-12-10-8-11(15-5-2)14-9(3)13-10/h8H,4-7H2,1-3H3,(H,12,13,14). The Balaban J connectivity index is 2.62. The maximum Gasteiger partial charge on any atom is 0.218 e. The zero-order valence-electron chi connectivity index (χ0n) is 9.71. The molecule has 0 aromatic carbocycles. The van der Waals surface area contributed by atoms with E-state index in [0.717, 1.165) is 24.6 Å². The van der Waals surface area contributed by atoms with Crippen LogP contribution in [0.15, 0.2) is 6.07 Å². The molecule has 0 aliphatic heterocycles. The second-order valence-electron chi connectivity index (χ2n) is 3.35. The SMILES string of the molecule is CCCCNc1cc(OCC)nc(C)n1. The molecule has 0 saturated carbocycles. The van der Waals surface area contributed by atoms with E-state index in [2.05, 4.69) is 22.2 Å². The quantitative estimate of drug-likeness (QED) is 0.731. The average Bonchev–Trinajstić information content (AvgIpc) is 2.18. The molecule has 0 atom stereocenters. The zero-order chi connectivity index (χ0) is 11.1. The molecule has 1 rings (SSSR count). The van der Waals surface area contributed by atoms with Crippen LogP contribution in [0, 0.1) is 6.92 Å². The molecule has 4 heteroatoms. The van der Waals surface area contributed by atoms with E-state index in [4.69, 9.17) is 4.74 Å². The molecular weight excluding hydrogens is 190 g/mol. The van der Waals surface area contributed by atoms with Crippen molar-refractivity contribution >= 4 is 5.82 Å². The van der Waals surface area contributed by atoms with Crippen LogP contribution in [0.2, 0.25) is 0 Å². The van der Waals surface area contributed by atoms with Gasteiger partial charge in [0.05, 0.1) is 6.61 Å². The normalized spacial score (nSPS) is 10.1. The van der Waals surface area contributed by atoms with Crippen molar-refractivity contribution in [3.63, 3.8) is 0 Å². The fourth-order valence-electron chi connectivity index (χ4n) is 1.25. The van der Waals surface area contributed by atoms with Crippen LogP contribution in [0.5, 0.6) is 5.88 Å². The van der Waals surface area contributed by atoms with Gasteiger partial charge in [0.2, 0.25) is 5.88 Å². The minimum atomic E-state index is 0.630. The van der Waals surface area contributed by atoms with Crippen LogP contribution in [0.25, 0.3) is 0 Å². The average molecular weight is 209 g/mol. The molecule has 0 saturated heterocycles. The highest BCUT2D eigenvalue weighted by Gasteiger charge is 2.01. The van der Waals surface area contributed by atoms with Gasteiger partial charge in [-0.05, 0) is 20.3 Å². The minimum Gasteiger partial charge on any atom is -0.478 e. The molecule has 1 N–H and O–H groups in total. The fourth-order valence-corrected chi connectivity index (χ4v) is 1.25. The van der Waals surface area contributed by atoms with Crippen LogP contribution in [-0.2, 0) is 0 Å². The van der Waals surface area contributed by atoms with Gasteiger partial charge in [0, 0.05) is 12.6 Å². The first kappa shape index (κ1) is 11.8. The summed E-state index contributed by atoms with van der Waals surface area (Å²) in [6.45, 7) is 7.55. The van der Waals surface area contributed by atoms with Crippen molar-refractivity contribution in [3.05, 3.63) is 11.9 Å². The molecule has 1 heterocycles. The molecule has 0 bridgehead atoms. The van der Waals surface area contributed by atoms with Gasteiger partial charge in [0.15, 0.2) is 0 Å². The van der Waals surface area contributed by atoms with E-state index in [1.807, 2.05) is 19.9 Å². The highest BCUT2D eigenvalue weighted by molar-refractivity contribution is 5.38. The second kappa shape index (κ2) is 6.22. The van der Waals surface area contributed by atoms with Gasteiger partial charge in [-0.15, -0.1) is 0 Å². The molecule has 0 fully saturated rings. The summed E-state index contributed by atoms with van der Waals surface area (Å²) < 4.78 is 5.34. The number of nitrogens with zero attached hydrogens (tertiary/aromatic N) is 2. The van der Waals surface area contributed by atoms with Crippen LogP contribution in [-0.4, -0.2) is 23.1 Å². The summed E-state index contributed by atoms with van der Waals surface area (Å²) in [6, 6.07) is 1.84. The predicted molar refractivity (Wildman–Crippen MR) is 61.3 cm³/mol. The van der Waals surface area contributed by atoms with Crippen molar-refractivity contribution in [1.29, 1.82) is 0 Å². The van der Waals surface area contributed by atoms with Gasteiger partial charge >= 0.3 is 0 Å². The molecule has 0 aliphatic carbocycles. The van der Waals surface area contributed by atoms with Crippen LogP contribution in [0.1, 0.15) is 32.5 Å². The molecule has 0 aliphatic rings. The number of aryl methyl sites for hydroxylation is 1. The first-order chi connectivity index (χ1) is 7.26. The lowest BCUT2D eigenvalue weighted by Crippen LogP contribution is -2.06. The summed E-state index contributed by atoms with van der Waals surface area (Å²) >= 11 is 0. The molecule has 0 spiro atoms. The molecule has 1 aromatic heterocycles. The van der Waals surface area contributed by atoms with Gasteiger partial charge in [-0.3, -0.25) is 0 Å². The highest BCUT2D eigenvalue weighted by Crippen LogP contribution is 2.13. The van der Waals surface area contributed by atoms with E-state index in [0.29, 0.717) is 12.5 Å². The number of hydrogen-bond donors (Lipinski definition) is 1. The first-order valence-corrected chi connectivity index (χ1v) is 5.48. The Kier molecular flexibility index (Phi) is 4.87. The summed E-state index contributed by atoms with van der Waals surface area (Å²) in [4.78, 5) is 8.46. The van der Waals surface area contributed by atoms with E-state index in [1.165, 1.54) is 6.42 Å². The van der Waals surface area contributed by atoms with Crippen molar-refractivity contribution in [3.8, 4) is 5.88 Å². The van der Waals surface area contributed by atoms with E-state index >= 15 is 0 Å². The highest BCUT2D eigenvalue weighted by atomic mass is 16.5. The molecule has 84 valence electrons. The van der Waals surface area contributed by atoms with Crippen molar-refractivity contribution in [1.82, 2.24) is 9.97 Å². The van der Waals surface area contributed by atoms with Gasteiger partial charge in [-0.1, -0.05) is 13.3 Å². The Morgan fingerprint density at radius 2 is 2.13 bits per heavy atom. The van der Waals surface area contributed by atoms with Crippen molar-refractivity contribution in [2.45, 2.75) is 33.6 Å². The van der Waals surface area contributed by atoms with E-state index in [-0.39, 0.29) is 0 Å². The smallest absolute Gasteiger partial charge is 0.218 e. The van der Waals surface area contributed by atoms with Gasteiger partial charge in [0.25, 0.3) is 0 Å². The maximum absolute atomic E-state index is 5.34. The van der Waals surface area contributed by atoms with Gasteiger partial charge in [-0.25, -0.2) is 4.98 Å². The number of hydrogen-bond acceptors (Lipinski definition) is 4. The first-order valence-electron chi connectivity index (χ1n) is 5.48. The maximum atomic E-state index is 5.34. The van der Waals surface area contributed by atoms with Gasteiger partial charge < -0.3 is 10.1 Å². The molecule has 0 unspecified atom stereocenters. The number of anilines is 1. The fraction of sp³-hybridized carbons (Fsp3) is 0.636. The molecule has 0 radical (unpaired) electrons.